The van der Waals surface area contributed by atoms with E-state index in [0.29, 0.717) is 31.9 Å². The molecule has 1 fully saturated rings. The summed E-state index contributed by atoms with van der Waals surface area (Å²) >= 11 is 0. The molecule has 8 nitrogen and oxygen atoms in total. The summed E-state index contributed by atoms with van der Waals surface area (Å²) in [4.78, 5) is 27.7. The Morgan fingerprint density at radius 2 is 1.74 bits per heavy atom. The van der Waals surface area contributed by atoms with Crippen LogP contribution in [0.1, 0.15) is 51.7 Å². The van der Waals surface area contributed by atoms with Gasteiger partial charge in [-0.05, 0) is 62.4 Å². The Kier molecular flexibility index (Phi) is 10.8. The highest BCUT2D eigenvalue weighted by atomic mass is 32.2. The first-order chi connectivity index (χ1) is 19.6. The van der Waals surface area contributed by atoms with Crippen LogP contribution in [0.3, 0.4) is 0 Å². The molecular formula is C30H41F3N4O4S. The van der Waals surface area contributed by atoms with E-state index >= 15 is 0 Å². The van der Waals surface area contributed by atoms with Gasteiger partial charge in [-0.1, -0.05) is 57.2 Å². The van der Waals surface area contributed by atoms with Gasteiger partial charge in [0.1, 0.15) is 6.04 Å². The third kappa shape index (κ3) is 8.32. The van der Waals surface area contributed by atoms with E-state index in [1.165, 1.54) is 4.31 Å². The average Bonchev–Trinajstić information content (AvgIpc) is 3.40. The van der Waals surface area contributed by atoms with Crippen molar-refractivity contribution in [2.24, 2.45) is 5.41 Å². The largest absolute Gasteiger partial charge is 0.416 e. The maximum Gasteiger partial charge on any atom is 0.416 e. The summed E-state index contributed by atoms with van der Waals surface area (Å²) in [6.07, 6.45) is -3.22. The average molecular weight is 611 g/mol. The van der Waals surface area contributed by atoms with Gasteiger partial charge in [-0.2, -0.15) is 17.5 Å². The van der Waals surface area contributed by atoms with E-state index in [4.69, 9.17) is 0 Å². The van der Waals surface area contributed by atoms with Gasteiger partial charge >= 0.3 is 6.18 Å². The number of carbonyl (C=O) groups is 2. The number of sulfonamides is 1. The highest BCUT2D eigenvalue weighted by Crippen LogP contribution is 2.32. The summed E-state index contributed by atoms with van der Waals surface area (Å²) in [5.41, 5.74) is -0.816. The second-order valence-electron chi connectivity index (χ2n) is 11.8. The number of likely N-dealkylation sites (tertiary alicyclic amines) is 1. The lowest BCUT2D eigenvalue weighted by atomic mass is 9.85. The Morgan fingerprint density at radius 1 is 1.07 bits per heavy atom. The maximum atomic E-state index is 13.9. The third-order valence-corrected chi connectivity index (χ3v) is 9.45. The van der Waals surface area contributed by atoms with Gasteiger partial charge in [0.25, 0.3) is 0 Å². The van der Waals surface area contributed by atoms with Gasteiger partial charge in [0.2, 0.25) is 21.8 Å². The fourth-order valence-corrected chi connectivity index (χ4v) is 6.48. The second kappa shape index (κ2) is 13.6. The number of nitrogens with one attached hydrogen (secondary N) is 2. The van der Waals surface area contributed by atoms with Crippen molar-refractivity contribution in [2.75, 3.05) is 26.7 Å². The zero-order chi connectivity index (χ0) is 31.3. The van der Waals surface area contributed by atoms with Crippen molar-refractivity contribution in [3.8, 4) is 0 Å². The number of halogens is 3. The number of alkyl halides is 3. The first-order valence-electron chi connectivity index (χ1n) is 14.0. The molecule has 2 aromatic rings. The Labute approximate surface area is 246 Å². The Morgan fingerprint density at radius 3 is 2.33 bits per heavy atom. The van der Waals surface area contributed by atoms with E-state index in [2.05, 4.69) is 10.6 Å². The number of carbonyl (C=O) groups excluding carboxylic acids is 2. The molecule has 0 unspecified atom stereocenters. The third-order valence-electron chi connectivity index (χ3n) is 7.59. The van der Waals surface area contributed by atoms with Crippen LogP contribution in [-0.2, 0) is 32.2 Å². The highest BCUT2D eigenvalue weighted by molar-refractivity contribution is 7.89. The van der Waals surface area contributed by atoms with Crippen molar-refractivity contribution in [1.29, 1.82) is 0 Å². The summed E-state index contributed by atoms with van der Waals surface area (Å²) < 4.78 is 69.2. The van der Waals surface area contributed by atoms with E-state index < -0.39 is 50.2 Å². The zero-order valence-electron chi connectivity index (χ0n) is 24.7. The smallest absolute Gasteiger partial charge is 0.342 e. The number of benzene rings is 2. The summed E-state index contributed by atoms with van der Waals surface area (Å²) in [6.45, 7) is 7.51. The van der Waals surface area contributed by atoms with Crippen LogP contribution < -0.4 is 10.6 Å². The molecule has 2 N–H and O–H groups in total. The fraction of sp³-hybridized carbons (Fsp3) is 0.533. The van der Waals surface area contributed by atoms with Crippen LogP contribution in [0.2, 0.25) is 0 Å². The highest BCUT2D eigenvalue weighted by Gasteiger charge is 2.42. The lowest BCUT2D eigenvalue weighted by Gasteiger charge is -2.37. The fourth-order valence-electron chi connectivity index (χ4n) is 4.95. The van der Waals surface area contributed by atoms with Crippen molar-refractivity contribution in [3.05, 3.63) is 65.7 Å². The molecule has 12 heteroatoms. The normalized spacial score (nSPS) is 17.7. The first kappa shape index (κ1) is 33.5. The van der Waals surface area contributed by atoms with Crippen LogP contribution >= 0.6 is 0 Å². The van der Waals surface area contributed by atoms with Crippen molar-refractivity contribution < 1.29 is 31.2 Å². The molecule has 3 atom stereocenters. The SMILES string of the molecule is CN[C@@H](C)C(=O)N[C@H](C(=O)N1CCC[C@H]1CN(CCc1ccccc1)S(=O)(=O)c1cccc(C(F)(F)F)c1)C(C)(C)C. The van der Waals surface area contributed by atoms with Gasteiger partial charge in [-0.15, -0.1) is 0 Å². The van der Waals surface area contributed by atoms with Gasteiger partial charge in [0, 0.05) is 25.7 Å². The van der Waals surface area contributed by atoms with E-state index in [-0.39, 0.29) is 24.9 Å². The van der Waals surface area contributed by atoms with Crippen molar-refractivity contribution >= 4 is 21.8 Å². The van der Waals surface area contributed by atoms with Crippen molar-refractivity contribution in [3.63, 3.8) is 0 Å². The standard InChI is InChI=1S/C30H41F3N4O4S/c1-21(34-5)27(38)35-26(29(2,3)4)28(39)37-17-10-14-24(37)20-36(18-16-22-11-7-6-8-12-22)42(40,41)25-15-9-13-23(19-25)30(31,32)33/h6-9,11-13,15,19,21,24,26,34H,10,14,16-18,20H2,1-5H3,(H,35,38)/t21-,24-,26+/m0/s1. The second-order valence-corrected chi connectivity index (χ2v) is 13.7. The minimum Gasteiger partial charge on any atom is -0.342 e. The van der Waals surface area contributed by atoms with Crippen LogP contribution in [0.5, 0.6) is 0 Å². The molecule has 0 spiro atoms. The number of rotatable bonds is 11. The van der Waals surface area contributed by atoms with Crippen LogP contribution in [0.15, 0.2) is 59.5 Å². The van der Waals surface area contributed by atoms with Crippen molar-refractivity contribution in [2.45, 2.75) is 76.2 Å². The number of amides is 2. The van der Waals surface area contributed by atoms with E-state index in [1.54, 1.807) is 18.9 Å². The molecule has 1 saturated heterocycles. The molecule has 3 rings (SSSR count). The molecule has 2 amide bonds. The predicted octanol–water partition coefficient (Wildman–Crippen LogP) is 4.07. The van der Waals surface area contributed by atoms with Gasteiger partial charge in [-0.3, -0.25) is 9.59 Å². The van der Waals surface area contributed by atoms with Gasteiger partial charge in [0.05, 0.1) is 16.5 Å². The lowest BCUT2D eigenvalue weighted by Crippen LogP contribution is -2.59. The van der Waals surface area contributed by atoms with E-state index in [9.17, 15) is 31.2 Å². The van der Waals surface area contributed by atoms with Crippen molar-refractivity contribution in [1.82, 2.24) is 19.8 Å². The predicted molar refractivity (Wildman–Crippen MR) is 155 cm³/mol. The van der Waals surface area contributed by atoms with Gasteiger partial charge in [-0.25, -0.2) is 8.42 Å². The molecule has 0 radical (unpaired) electrons. The minimum atomic E-state index is -4.70. The van der Waals surface area contributed by atoms with Crippen LogP contribution in [-0.4, -0.2) is 74.2 Å². The molecule has 0 aliphatic carbocycles. The first-order valence-corrected chi connectivity index (χ1v) is 15.5. The molecule has 0 saturated carbocycles. The Bertz CT molecular complexity index is 1330. The van der Waals surface area contributed by atoms with Crippen LogP contribution in [0.4, 0.5) is 13.2 Å². The van der Waals surface area contributed by atoms with E-state index in [1.807, 2.05) is 51.1 Å². The minimum absolute atomic E-state index is 0.0141. The molecule has 0 aromatic heterocycles. The summed E-state index contributed by atoms with van der Waals surface area (Å²) in [5, 5.41) is 5.71. The Hall–Kier alpha value is -2.96. The molecule has 1 aliphatic heterocycles. The van der Waals surface area contributed by atoms with Gasteiger partial charge < -0.3 is 15.5 Å². The number of hydrogen-bond acceptors (Lipinski definition) is 5. The lowest BCUT2D eigenvalue weighted by molar-refractivity contribution is -0.140. The molecule has 2 aromatic carbocycles. The number of hydrogen-bond donors (Lipinski definition) is 2. The Balaban J connectivity index is 1.93. The molecule has 232 valence electrons. The number of nitrogens with zero attached hydrogens (tertiary/aromatic N) is 2. The van der Waals surface area contributed by atoms with Gasteiger partial charge in [0.15, 0.2) is 0 Å². The van der Waals surface area contributed by atoms with E-state index in [0.717, 1.165) is 23.8 Å². The number of likely N-dealkylation sites (N-methyl/N-ethyl adjacent to an activating group) is 1. The molecule has 0 bridgehead atoms. The van der Waals surface area contributed by atoms with Crippen LogP contribution in [0, 0.1) is 5.41 Å². The summed E-state index contributed by atoms with van der Waals surface area (Å²) in [6, 6.07) is 11.0. The monoisotopic (exact) mass is 610 g/mol. The zero-order valence-corrected chi connectivity index (χ0v) is 25.6. The maximum absolute atomic E-state index is 13.9. The molecule has 42 heavy (non-hydrogen) atoms. The quantitative estimate of drug-likeness (QED) is 0.400. The molecule has 1 aliphatic rings. The molecular weight excluding hydrogens is 569 g/mol. The molecule has 1 heterocycles. The summed E-state index contributed by atoms with van der Waals surface area (Å²) in [5.74, 6) is -0.653. The topological polar surface area (TPSA) is 98.8 Å². The summed E-state index contributed by atoms with van der Waals surface area (Å²) in [7, 11) is -2.71. The van der Waals surface area contributed by atoms with Crippen LogP contribution in [0.25, 0.3) is 0 Å².